The summed E-state index contributed by atoms with van der Waals surface area (Å²) in [4.78, 5) is 15.8. The van der Waals surface area contributed by atoms with E-state index in [2.05, 4.69) is 15.6 Å². The Balaban J connectivity index is 0.00000162. The molecule has 6 nitrogen and oxygen atoms in total. The molecule has 7 heteroatoms. The number of hydrogen-bond acceptors (Lipinski definition) is 5. The van der Waals surface area contributed by atoms with Crippen LogP contribution in [0.15, 0.2) is 12.1 Å². The average Bonchev–Trinajstić information content (AvgIpc) is 2.26. The highest BCUT2D eigenvalue weighted by Crippen LogP contribution is 2.25. The van der Waals surface area contributed by atoms with Gasteiger partial charge in [0.15, 0.2) is 5.75 Å². The fraction of sp³-hybridized carbons (Fsp3) is 0.455. The van der Waals surface area contributed by atoms with Crippen molar-refractivity contribution in [3.63, 3.8) is 0 Å². The van der Waals surface area contributed by atoms with Crippen molar-refractivity contribution in [1.82, 2.24) is 10.3 Å². The molecule has 0 atom stereocenters. The number of pyridine rings is 1. The fourth-order valence-corrected chi connectivity index (χ4v) is 1.50. The van der Waals surface area contributed by atoms with Crippen molar-refractivity contribution < 1.29 is 14.3 Å². The smallest absolute Gasteiger partial charge is 0.258 e. The van der Waals surface area contributed by atoms with Crippen molar-refractivity contribution in [3.8, 4) is 11.6 Å². The van der Waals surface area contributed by atoms with Gasteiger partial charge in [-0.3, -0.25) is 4.79 Å². The van der Waals surface area contributed by atoms with Gasteiger partial charge in [-0.2, -0.15) is 4.98 Å². The Hall–Kier alpha value is -1.53. The molecule has 1 fully saturated rings. The Bertz CT molecular complexity index is 424. The monoisotopic (exact) mass is 273 g/mol. The summed E-state index contributed by atoms with van der Waals surface area (Å²) < 4.78 is 10.1. The van der Waals surface area contributed by atoms with Crippen LogP contribution < -0.4 is 20.1 Å². The van der Waals surface area contributed by atoms with Gasteiger partial charge in [-0.15, -0.1) is 12.4 Å². The molecule has 0 bridgehead atoms. The number of carbonyl (C=O) groups excluding carboxylic acids is 1. The Morgan fingerprint density at radius 2 is 2.11 bits per heavy atom. The molecule has 1 amide bonds. The minimum Gasteiger partial charge on any atom is -0.491 e. The lowest BCUT2D eigenvalue weighted by Crippen LogP contribution is -2.48. The number of methoxy groups -OCH3 is 2. The molecule has 0 aliphatic carbocycles. The van der Waals surface area contributed by atoms with E-state index in [1.54, 1.807) is 12.1 Å². The highest BCUT2D eigenvalue weighted by atomic mass is 35.5. The van der Waals surface area contributed by atoms with Crippen molar-refractivity contribution in [2.75, 3.05) is 32.6 Å². The molecule has 100 valence electrons. The van der Waals surface area contributed by atoms with E-state index in [1.165, 1.54) is 14.2 Å². The number of aromatic nitrogens is 1. The van der Waals surface area contributed by atoms with E-state index in [1.807, 2.05) is 0 Å². The molecule has 0 unspecified atom stereocenters. The number of nitrogens with one attached hydrogen (secondary N) is 2. The van der Waals surface area contributed by atoms with Crippen molar-refractivity contribution in [2.24, 2.45) is 5.92 Å². The molecular weight excluding hydrogens is 258 g/mol. The van der Waals surface area contributed by atoms with Crippen LogP contribution in [0.3, 0.4) is 0 Å². The average molecular weight is 274 g/mol. The first-order chi connectivity index (χ1) is 8.24. The third kappa shape index (κ3) is 3.02. The van der Waals surface area contributed by atoms with E-state index in [0.717, 1.165) is 13.1 Å². The SMILES string of the molecule is COc1ccc(NC(=O)C2CNC2)nc1OC.Cl. The number of anilines is 1. The zero-order chi connectivity index (χ0) is 12.3. The Morgan fingerprint density at radius 1 is 1.39 bits per heavy atom. The van der Waals surface area contributed by atoms with Gasteiger partial charge in [-0.05, 0) is 12.1 Å². The Kier molecular flexibility index (Phi) is 5.18. The maximum atomic E-state index is 11.7. The van der Waals surface area contributed by atoms with Crippen LogP contribution >= 0.6 is 12.4 Å². The summed E-state index contributed by atoms with van der Waals surface area (Å²) in [5, 5.41) is 5.79. The molecule has 2 N–H and O–H groups in total. The van der Waals surface area contributed by atoms with Gasteiger partial charge in [0.2, 0.25) is 5.91 Å². The number of nitrogens with zero attached hydrogens (tertiary/aromatic N) is 1. The van der Waals surface area contributed by atoms with Crippen LogP contribution in [0.5, 0.6) is 11.6 Å². The van der Waals surface area contributed by atoms with Crippen molar-refractivity contribution in [3.05, 3.63) is 12.1 Å². The van der Waals surface area contributed by atoms with Gasteiger partial charge in [0, 0.05) is 13.1 Å². The zero-order valence-corrected chi connectivity index (χ0v) is 11.0. The summed E-state index contributed by atoms with van der Waals surface area (Å²) in [6, 6.07) is 3.39. The minimum atomic E-state index is -0.0246. The minimum absolute atomic E-state index is 0. The normalized spacial score (nSPS) is 14.1. The lowest BCUT2D eigenvalue weighted by atomic mass is 10.0. The summed E-state index contributed by atoms with van der Waals surface area (Å²) in [7, 11) is 3.05. The maximum Gasteiger partial charge on any atom is 0.258 e. The highest BCUT2D eigenvalue weighted by molar-refractivity contribution is 5.92. The Labute approximate surface area is 111 Å². The third-order valence-corrected chi connectivity index (χ3v) is 2.64. The molecule has 1 aliphatic rings. The molecule has 0 saturated carbocycles. The molecule has 0 spiro atoms. The molecule has 1 aliphatic heterocycles. The third-order valence-electron chi connectivity index (χ3n) is 2.64. The van der Waals surface area contributed by atoms with Gasteiger partial charge in [-0.25, -0.2) is 0 Å². The molecular formula is C11H16ClN3O3. The molecule has 2 rings (SSSR count). The maximum absolute atomic E-state index is 11.7. The van der Waals surface area contributed by atoms with E-state index in [-0.39, 0.29) is 24.2 Å². The highest BCUT2D eigenvalue weighted by Gasteiger charge is 2.25. The van der Waals surface area contributed by atoms with E-state index in [4.69, 9.17) is 9.47 Å². The first-order valence-corrected chi connectivity index (χ1v) is 5.35. The van der Waals surface area contributed by atoms with E-state index in [9.17, 15) is 4.79 Å². The second-order valence-corrected chi connectivity index (χ2v) is 3.75. The summed E-state index contributed by atoms with van der Waals surface area (Å²) in [6.07, 6.45) is 0. The largest absolute Gasteiger partial charge is 0.491 e. The van der Waals surface area contributed by atoms with Gasteiger partial charge in [0.05, 0.1) is 20.1 Å². The number of amides is 1. The van der Waals surface area contributed by atoms with Crippen LogP contribution in [0.25, 0.3) is 0 Å². The number of hydrogen-bond donors (Lipinski definition) is 2. The van der Waals surface area contributed by atoms with Crippen LogP contribution in [-0.4, -0.2) is 38.2 Å². The second kappa shape index (κ2) is 6.42. The molecule has 0 aromatic carbocycles. The molecule has 0 radical (unpaired) electrons. The van der Waals surface area contributed by atoms with Crippen LogP contribution in [0, 0.1) is 5.92 Å². The van der Waals surface area contributed by atoms with Gasteiger partial charge >= 0.3 is 0 Å². The van der Waals surface area contributed by atoms with Crippen molar-refractivity contribution in [2.45, 2.75) is 0 Å². The summed E-state index contributed by atoms with van der Waals surface area (Å²) >= 11 is 0. The van der Waals surface area contributed by atoms with Crippen LogP contribution in [-0.2, 0) is 4.79 Å². The van der Waals surface area contributed by atoms with Crippen LogP contribution in [0.2, 0.25) is 0 Å². The topological polar surface area (TPSA) is 72.5 Å². The standard InChI is InChI=1S/C11H15N3O3.ClH/c1-16-8-3-4-9(14-11(8)17-2)13-10(15)7-5-12-6-7;/h3-4,7,12H,5-6H2,1-2H3,(H,13,14,15);1H. The zero-order valence-electron chi connectivity index (χ0n) is 10.2. The lowest BCUT2D eigenvalue weighted by Gasteiger charge is -2.25. The lowest BCUT2D eigenvalue weighted by molar-refractivity contribution is -0.121. The molecule has 1 aromatic rings. The quantitative estimate of drug-likeness (QED) is 0.844. The first kappa shape index (κ1) is 14.5. The van der Waals surface area contributed by atoms with Gasteiger partial charge in [0.1, 0.15) is 5.82 Å². The van der Waals surface area contributed by atoms with E-state index < -0.39 is 0 Å². The predicted molar refractivity (Wildman–Crippen MR) is 69.6 cm³/mol. The van der Waals surface area contributed by atoms with Crippen LogP contribution in [0.1, 0.15) is 0 Å². The van der Waals surface area contributed by atoms with Gasteiger partial charge < -0.3 is 20.1 Å². The number of ether oxygens (including phenoxy) is 2. The molecule has 1 saturated heterocycles. The first-order valence-electron chi connectivity index (χ1n) is 5.35. The number of carbonyl (C=O) groups is 1. The summed E-state index contributed by atoms with van der Waals surface area (Å²) in [5.74, 6) is 1.38. The van der Waals surface area contributed by atoms with E-state index >= 15 is 0 Å². The van der Waals surface area contributed by atoms with Gasteiger partial charge in [-0.1, -0.05) is 0 Å². The van der Waals surface area contributed by atoms with E-state index in [0.29, 0.717) is 17.4 Å². The number of rotatable bonds is 4. The fourth-order valence-electron chi connectivity index (χ4n) is 1.50. The molecule has 1 aromatic heterocycles. The second-order valence-electron chi connectivity index (χ2n) is 3.75. The van der Waals surface area contributed by atoms with Crippen molar-refractivity contribution in [1.29, 1.82) is 0 Å². The van der Waals surface area contributed by atoms with Crippen molar-refractivity contribution >= 4 is 24.1 Å². The van der Waals surface area contributed by atoms with Gasteiger partial charge in [0.25, 0.3) is 5.88 Å². The molecule has 18 heavy (non-hydrogen) atoms. The summed E-state index contributed by atoms with van der Waals surface area (Å²) in [5.41, 5.74) is 0. The molecule has 2 heterocycles. The Morgan fingerprint density at radius 3 is 2.61 bits per heavy atom. The van der Waals surface area contributed by atoms with Crippen LogP contribution in [0.4, 0.5) is 5.82 Å². The summed E-state index contributed by atoms with van der Waals surface area (Å²) in [6.45, 7) is 1.44. The predicted octanol–water partition coefficient (Wildman–Crippen LogP) is 0.678. The number of halogens is 1.